The molecule has 0 spiro atoms. The molecule has 0 aliphatic rings. The summed E-state index contributed by atoms with van der Waals surface area (Å²) >= 11 is 9.05. The number of nitrogens with one attached hydrogen (secondary N) is 2. The third-order valence-electron chi connectivity index (χ3n) is 4.26. The molecule has 0 saturated carbocycles. The highest BCUT2D eigenvalue weighted by atomic mass is 32.2. The Kier molecular flexibility index (Phi) is 14.6. The molecule has 0 fully saturated rings. The van der Waals surface area contributed by atoms with Crippen molar-refractivity contribution >= 4 is 49.1 Å². The van der Waals surface area contributed by atoms with Gasteiger partial charge in [-0.05, 0) is 42.6 Å². The van der Waals surface area contributed by atoms with Gasteiger partial charge in [-0.2, -0.15) is 11.8 Å². The van der Waals surface area contributed by atoms with Crippen molar-refractivity contribution in [1.29, 1.82) is 0 Å². The van der Waals surface area contributed by atoms with Crippen molar-refractivity contribution < 1.29 is 0 Å². The molecule has 0 unspecified atom stereocenters. The second-order valence-corrected chi connectivity index (χ2v) is 13.6. The first-order chi connectivity index (χ1) is 10.1. The number of thiocarbonyl (C=S) groups is 1. The van der Waals surface area contributed by atoms with E-state index in [4.69, 9.17) is 12.2 Å². The minimum atomic E-state index is -0.884. The maximum absolute atomic E-state index is 5.18. The van der Waals surface area contributed by atoms with Crippen LogP contribution in [0.1, 0.15) is 40.5 Å². The third kappa shape index (κ3) is 10.9. The van der Waals surface area contributed by atoms with Gasteiger partial charge in [0.2, 0.25) is 0 Å². The van der Waals surface area contributed by atoms with Gasteiger partial charge in [0.15, 0.2) is 5.11 Å². The zero-order chi connectivity index (χ0) is 16.0. The van der Waals surface area contributed by atoms with E-state index < -0.39 is 8.07 Å². The molecule has 0 aromatic rings. The molecule has 0 aliphatic heterocycles. The highest BCUT2D eigenvalue weighted by molar-refractivity contribution is 8.00. The molecule has 126 valence electrons. The third-order valence-corrected chi connectivity index (χ3v) is 12.7. The van der Waals surface area contributed by atoms with Gasteiger partial charge in [0.05, 0.1) is 8.07 Å². The number of hydrogen-bond acceptors (Lipinski definition) is 3. The Morgan fingerprint density at radius 3 is 2.24 bits per heavy atom. The highest BCUT2D eigenvalue weighted by Crippen LogP contribution is 2.26. The lowest BCUT2D eigenvalue weighted by Crippen LogP contribution is -2.31. The highest BCUT2D eigenvalue weighted by Gasteiger charge is 2.25. The molecular weight excluding hydrogens is 332 g/mol. The van der Waals surface area contributed by atoms with Gasteiger partial charge in [0.1, 0.15) is 0 Å². The van der Waals surface area contributed by atoms with Gasteiger partial charge in [-0.1, -0.05) is 57.8 Å². The van der Waals surface area contributed by atoms with Crippen LogP contribution in [0.25, 0.3) is 0 Å². The first kappa shape index (κ1) is 21.6. The van der Waals surface area contributed by atoms with E-state index in [1.165, 1.54) is 42.1 Å². The summed E-state index contributed by atoms with van der Waals surface area (Å²) in [5.41, 5.74) is 0. The lowest BCUT2D eigenvalue weighted by Gasteiger charge is -2.27. The van der Waals surface area contributed by atoms with E-state index in [9.17, 15) is 0 Å². The van der Waals surface area contributed by atoms with Gasteiger partial charge in [0, 0.05) is 12.3 Å². The lowest BCUT2D eigenvalue weighted by molar-refractivity contribution is 0.839. The predicted molar refractivity (Wildman–Crippen MR) is 110 cm³/mol. The van der Waals surface area contributed by atoms with Gasteiger partial charge in [-0.25, -0.2) is 0 Å². The number of hydrogen-bond donors (Lipinski definition) is 2. The molecule has 0 saturated heterocycles. The van der Waals surface area contributed by atoms with Gasteiger partial charge >= 0.3 is 0 Å². The summed E-state index contributed by atoms with van der Waals surface area (Å²) in [6, 6.07) is 5.89. The van der Waals surface area contributed by atoms with Crippen molar-refractivity contribution in [2.75, 3.05) is 23.8 Å². The molecule has 21 heavy (non-hydrogen) atoms. The van der Waals surface area contributed by atoms with Crippen molar-refractivity contribution in [1.82, 2.24) is 10.0 Å². The van der Waals surface area contributed by atoms with Gasteiger partial charge in [-0.15, -0.1) is 0 Å². The molecule has 0 rings (SSSR count). The summed E-state index contributed by atoms with van der Waals surface area (Å²) < 4.78 is 3.19. The molecule has 0 aromatic heterocycles. The second kappa shape index (κ2) is 14.2. The van der Waals surface area contributed by atoms with Crippen LogP contribution in [0.4, 0.5) is 0 Å². The summed E-state index contributed by atoms with van der Waals surface area (Å²) in [6.07, 6.45) is 2.37. The average molecular weight is 367 g/mol. The van der Waals surface area contributed by atoms with Crippen molar-refractivity contribution in [3.05, 3.63) is 0 Å². The molecule has 0 radical (unpaired) electrons. The Morgan fingerprint density at radius 2 is 1.67 bits per heavy atom. The Morgan fingerprint density at radius 1 is 1.00 bits per heavy atom. The van der Waals surface area contributed by atoms with Crippen molar-refractivity contribution in [3.63, 3.8) is 0 Å². The normalized spacial score (nSPS) is 11.4. The average Bonchev–Trinajstić information content (AvgIpc) is 2.52. The first-order valence-electron chi connectivity index (χ1n) is 8.37. The zero-order valence-electron chi connectivity index (χ0n) is 14.3. The van der Waals surface area contributed by atoms with E-state index >= 15 is 0 Å². The minimum absolute atomic E-state index is 0.777. The minimum Gasteiger partial charge on any atom is -0.362 e. The van der Waals surface area contributed by atoms with Crippen molar-refractivity contribution in [3.8, 4) is 0 Å². The molecule has 0 bridgehead atoms. The Hall–Kier alpha value is 0.607. The van der Waals surface area contributed by atoms with Gasteiger partial charge in [-0.3, -0.25) is 0 Å². The number of thioether (sulfide) groups is 1. The Bertz CT molecular complexity index is 253. The summed E-state index contributed by atoms with van der Waals surface area (Å²) in [5.74, 6) is 3.79. The molecule has 0 amide bonds. The first-order valence-corrected chi connectivity index (χ1v) is 13.7. The van der Waals surface area contributed by atoms with E-state index in [-0.39, 0.29) is 0 Å². The summed E-state index contributed by atoms with van der Waals surface area (Å²) in [5, 5.41) is 3.96. The van der Waals surface area contributed by atoms with Crippen LogP contribution in [0.2, 0.25) is 24.2 Å². The van der Waals surface area contributed by atoms with Gasteiger partial charge < -0.3 is 10.0 Å². The topological polar surface area (TPSA) is 24.1 Å². The van der Waals surface area contributed by atoms with E-state index in [0.717, 1.165) is 23.8 Å². The lowest BCUT2D eigenvalue weighted by atomic mass is 10.5. The Labute approximate surface area is 147 Å². The van der Waals surface area contributed by atoms with Crippen LogP contribution in [0.15, 0.2) is 0 Å². The molecule has 2 nitrogen and oxygen atoms in total. The fraction of sp³-hybridized carbons (Fsp3) is 0.933. The second-order valence-electron chi connectivity index (χ2n) is 5.48. The van der Waals surface area contributed by atoms with Crippen LogP contribution in [0.3, 0.4) is 0 Å². The largest absolute Gasteiger partial charge is 0.362 e. The summed E-state index contributed by atoms with van der Waals surface area (Å²) in [4.78, 5) is 0. The van der Waals surface area contributed by atoms with E-state index in [1.807, 2.05) is 0 Å². The number of rotatable bonds is 13. The molecule has 0 atom stereocenters. The van der Waals surface area contributed by atoms with Crippen LogP contribution in [0, 0.1) is 0 Å². The fourth-order valence-corrected chi connectivity index (χ4v) is 8.77. The van der Waals surface area contributed by atoms with Gasteiger partial charge in [0.25, 0.3) is 0 Å². The summed E-state index contributed by atoms with van der Waals surface area (Å²) in [6.45, 7) is 10.3. The molecule has 0 aliphatic carbocycles. The molecule has 0 aromatic carbocycles. The SMILES string of the molecule is CCCNC(=S)NSCCCSCC[Si](CC)(CC)CC. The van der Waals surface area contributed by atoms with E-state index in [1.54, 1.807) is 11.9 Å². The van der Waals surface area contributed by atoms with Crippen LogP contribution >= 0.6 is 35.9 Å². The molecule has 0 heterocycles. The quantitative estimate of drug-likeness (QED) is 0.203. The van der Waals surface area contributed by atoms with E-state index in [2.05, 4.69) is 49.5 Å². The summed E-state index contributed by atoms with van der Waals surface area (Å²) in [7, 11) is -0.884. The Balaban J connectivity index is 3.46. The van der Waals surface area contributed by atoms with Crippen molar-refractivity contribution in [2.24, 2.45) is 0 Å². The van der Waals surface area contributed by atoms with Crippen molar-refractivity contribution in [2.45, 2.75) is 64.7 Å². The van der Waals surface area contributed by atoms with Crippen LogP contribution < -0.4 is 10.0 Å². The maximum Gasteiger partial charge on any atom is 0.176 e. The zero-order valence-corrected chi connectivity index (χ0v) is 17.7. The maximum atomic E-state index is 5.18. The van der Waals surface area contributed by atoms with E-state index in [0.29, 0.717) is 0 Å². The van der Waals surface area contributed by atoms with Crippen LogP contribution in [-0.4, -0.2) is 37.0 Å². The molecule has 6 heteroatoms. The fourth-order valence-electron chi connectivity index (χ4n) is 2.30. The molecule has 2 N–H and O–H groups in total. The molecular formula is C15H34N2S3Si. The van der Waals surface area contributed by atoms with Crippen LogP contribution in [-0.2, 0) is 0 Å². The monoisotopic (exact) mass is 366 g/mol. The standard InChI is InChI=1S/C15H34N2S3Si/c1-5-10-16-15(18)17-20-12-9-11-19-13-14-21(6-2,7-3)8-4/h5-14H2,1-4H3,(H2,16,17,18). The predicted octanol–water partition coefficient (Wildman–Crippen LogP) is 5.14. The van der Waals surface area contributed by atoms with Crippen LogP contribution in [0.5, 0.6) is 0 Å². The smallest absolute Gasteiger partial charge is 0.176 e.